The molecule has 0 bridgehead atoms. The minimum Gasteiger partial charge on any atom is -0.396 e. The van der Waals surface area contributed by atoms with Crippen LogP contribution in [0.5, 0.6) is 0 Å². The van der Waals surface area contributed by atoms with Crippen molar-refractivity contribution < 1.29 is 9.90 Å². The molecule has 0 spiro atoms. The first-order valence-electron chi connectivity index (χ1n) is 2.57. The second-order valence-corrected chi connectivity index (χ2v) is 2.45. The average Bonchev–Trinajstić information content (AvgIpc) is 1.83. The van der Waals surface area contributed by atoms with Gasteiger partial charge in [0.05, 0.1) is 6.61 Å². The molecule has 48 valence electrons. The zero-order valence-corrected chi connectivity index (χ0v) is 5.70. The SMILES string of the molecule is CCC(=O)SCCO. The lowest BCUT2D eigenvalue weighted by Crippen LogP contribution is -1.93. The van der Waals surface area contributed by atoms with Crippen molar-refractivity contribution in [2.45, 2.75) is 13.3 Å². The van der Waals surface area contributed by atoms with Crippen LogP contribution in [0.15, 0.2) is 0 Å². The monoisotopic (exact) mass is 134 g/mol. The van der Waals surface area contributed by atoms with Gasteiger partial charge in [0.2, 0.25) is 0 Å². The topological polar surface area (TPSA) is 37.3 Å². The lowest BCUT2D eigenvalue weighted by molar-refractivity contribution is -0.110. The van der Waals surface area contributed by atoms with Gasteiger partial charge < -0.3 is 5.11 Å². The van der Waals surface area contributed by atoms with Gasteiger partial charge in [-0.25, -0.2) is 0 Å². The summed E-state index contributed by atoms with van der Waals surface area (Å²) in [5.41, 5.74) is 0. The van der Waals surface area contributed by atoms with Gasteiger partial charge in [0.1, 0.15) is 0 Å². The van der Waals surface area contributed by atoms with Crippen molar-refractivity contribution in [1.29, 1.82) is 0 Å². The van der Waals surface area contributed by atoms with Crippen molar-refractivity contribution >= 4 is 16.9 Å². The molecule has 2 nitrogen and oxygen atoms in total. The summed E-state index contributed by atoms with van der Waals surface area (Å²) >= 11 is 1.19. The number of aliphatic hydroxyl groups excluding tert-OH is 1. The summed E-state index contributed by atoms with van der Waals surface area (Å²) in [6.45, 7) is 1.91. The Morgan fingerprint density at radius 3 is 2.75 bits per heavy atom. The molecule has 8 heavy (non-hydrogen) atoms. The fourth-order valence-electron chi connectivity index (χ4n) is 0.262. The van der Waals surface area contributed by atoms with E-state index in [0.717, 1.165) is 0 Å². The van der Waals surface area contributed by atoms with Crippen LogP contribution in [0.2, 0.25) is 0 Å². The summed E-state index contributed by atoms with van der Waals surface area (Å²) in [6, 6.07) is 0. The molecule has 0 unspecified atom stereocenters. The maximum absolute atomic E-state index is 10.4. The standard InChI is InChI=1S/C5H10O2S/c1-2-5(7)8-4-3-6/h6H,2-4H2,1H3. The fraction of sp³-hybridized carbons (Fsp3) is 0.800. The van der Waals surface area contributed by atoms with Crippen LogP contribution in [0.1, 0.15) is 13.3 Å². The zero-order chi connectivity index (χ0) is 6.41. The maximum atomic E-state index is 10.4. The third-order valence-electron chi connectivity index (χ3n) is 0.643. The minimum absolute atomic E-state index is 0.0937. The first-order chi connectivity index (χ1) is 3.81. The molecule has 0 rings (SSSR count). The molecule has 0 heterocycles. The van der Waals surface area contributed by atoms with Gasteiger partial charge in [-0.05, 0) is 0 Å². The summed E-state index contributed by atoms with van der Waals surface area (Å²) < 4.78 is 0. The van der Waals surface area contributed by atoms with Gasteiger partial charge in [-0.3, -0.25) is 4.79 Å². The largest absolute Gasteiger partial charge is 0.396 e. The average molecular weight is 134 g/mol. The predicted octanol–water partition coefficient (Wildman–Crippen LogP) is 0.649. The number of carbonyl (C=O) groups is 1. The van der Waals surface area contributed by atoms with Gasteiger partial charge in [-0.1, -0.05) is 18.7 Å². The smallest absolute Gasteiger partial charge is 0.188 e. The Labute approximate surface area is 53.3 Å². The first-order valence-corrected chi connectivity index (χ1v) is 3.56. The molecule has 0 aliphatic rings. The van der Waals surface area contributed by atoms with E-state index in [1.165, 1.54) is 11.8 Å². The van der Waals surface area contributed by atoms with E-state index in [0.29, 0.717) is 12.2 Å². The molecular formula is C5H10O2S. The molecule has 0 radical (unpaired) electrons. The molecule has 0 saturated heterocycles. The molecule has 0 aromatic rings. The fourth-order valence-corrected chi connectivity index (χ4v) is 0.785. The molecule has 0 saturated carbocycles. The van der Waals surface area contributed by atoms with Crippen LogP contribution < -0.4 is 0 Å². The maximum Gasteiger partial charge on any atom is 0.188 e. The molecule has 0 aliphatic carbocycles. The van der Waals surface area contributed by atoms with Crippen molar-refractivity contribution in [3.05, 3.63) is 0 Å². The van der Waals surface area contributed by atoms with E-state index in [9.17, 15) is 4.79 Å². The summed E-state index contributed by atoms with van der Waals surface area (Å²) in [7, 11) is 0. The second kappa shape index (κ2) is 5.12. The summed E-state index contributed by atoms with van der Waals surface area (Å²) in [4.78, 5) is 10.4. The van der Waals surface area contributed by atoms with Crippen LogP contribution in [0, 0.1) is 0 Å². The summed E-state index contributed by atoms with van der Waals surface area (Å²) in [5.74, 6) is 0.534. The quantitative estimate of drug-likeness (QED) is 0.615. The van der Waals surface area contributed by atoms with Gasteiger partial charge in [-0.15, -0.1) is 0 Å². The van der Waals surface area contributed by atoms with Crippen LogP contribution in [0.25, 0.3) is 0 Å². The van der Waals surface area contributed by atoms with Crippen molar-refractivity contribution in [3.8, 4) is 0 Å². The van der Waals surface area contributed by atoms with E-state index in [-0.39, 0.29) is 11.7 Å². The highest BCUT2D eigenvalue weighted by Crippen LogP contribution is 2.02. The Morgan fingerprint density at radius 2 is 2.38 bits per heavy atom. The Bertz CT molecular complexity index is 72.8. The molecule has 0 aromatic carbocycles. The van der Waals surface area contributed by atoms with Crippen LogP contribution >= 0.6 is 11.8 Å². The van der Waals surface area contributed by atoms with Crippen LogP contribution in [-0.2, 0) is 4.79 Å². The van der Waals surface area contributed by atoms with E-state index in [4.69, 9.17) is 5.11 Å². The lowest BCUT2D eigenvalue weighted by atomic mass is 10.6. The number of thioether (sulfide) groups is 1. The van der Waals surface area contributed by atoms with E-state index >= 15 is 0 Å². The van der Waals surface area contributed by atoms with Crippen molar-refractivity contribution in [2.75, 3.05) is 12.4 Å². The molecule has 0 amide bonds. The van der Waals surface area contributed by atoms with Gasteiger partial charge in [-0.2, -0.15) is 0 Å². The van der Waals surface area contributed by atoms with E-state index in [2.05, 4.69) is 0 Å². The number of hydrogen-bond donors (Lipinski definition) is 1. The molecule has 0 atom stereocenters. The number of rotatable bonds is 3. The van der Waals surface area contributed by atoms with Crippen LogP contribution in [0.4, 0.5) is 0 Å². The van der Waals surface area contributed by atoms with Gasteiger partial charge >= 0.3 is 0 Å². The highest BCUT2D eigenvalue weighted by molar-refractivity contribution is 8.13. The Balaban J connectivity index is 2.99. The molecule has 0 fully saturated rings. The first kappa shape index (κ1) is 7.98. The van der Waals surface area contributed by atoms with Gasteiger partial charge in [0.15, 0.2) is 5.12 Å². The van der Waals surface area contributed by atoms with Gasteiger partial charge in [0, 0.05) is 12.2 Å². The van der Waals surface area contributed by atoms with Crippen molar-refractivity contribution in [1.82, 2.24) is 0 Å². The zero-order valence-electron chi connectivity index (χ0n) is 4.89. The van der Waals surface area contributed by atoms with E-state index in [1.807, 2.05) is 6.92 Å². The normalized spacial score (nSPS) is 9.25. The molecule has 1 N–H and O–H groups in total. The van der Waals surface area contributed by atoms with Crippen molar-refractivity contribution in [2.24, 2.45) is 0 Å². The predicted molar refractivity (Wildman–Crippen MR) is 34.8 cm³/mol. The highest BCUT2D eigenvalue weighted by Gasteiger charge is 1.94. The molecular weight excluding hydrogens is 124 g/mol. The number of aliphatic hydroxyl groups is 1. The van der Waals surface area contributed by atoms with Crippen molar-refractivity contribution in [3.63, 3.8) is 0 Å². The Morgan fingerprint density at radius 1 is 1.75 bits per heavy atom. The van der Waals surface area contributed by atoms with Crippen LogP contribution in [0.3, 0.4) is 0 Å². The summed E-state index contributed by atoms with van der Waals surface area (Å²) in [6.07, 6.45) is 0.560. The molecule has 0 aliphatic heterocycles. The van der Waals surface area contributed by atoms with E-state index < -0.39 is 0 Å². The Kier molecular flexibility index (Phi) is 5.11. The molecule has 0 aromatic heterocycles. The van der Waals surface area contributed by atoms with E-state index in [1.54, 1.807) is 0 Å². The lowest BCUT2D eigenvalue weighted by Gasteiger charge is -1.90. The number of hydrogen-bond acceptors (Lipinski definition) is 3. The van der Waals surface area contributed by atoms with Crippen LogP contribution in [-0.4, -0.2) is 22.6 Å². The Hall–Kier alpha value is -0.0200. The third-order valence-corrected chi connectivity index (χ3v) is 1.64. The minimum atomic E-state index is 0.0937. The number of carbonyl (C=O) groups excluding carboxylic acids is 1. The molecule has 3 heteroatoms. The third kappa shape index (κ3) is 4.15. The van der Waals surface area contributed by atoms with Gasteiger partial charge in [0.25, 0.3) is 0 Å². The highest BCUT2D eigenvalue weighted by atomic mass is 32.2. The summed E-state index contributed by atoms with van der Waals surface area (Å²) in [5, 5.41) is 8.39. The second-order valence-electron chi connectivity index (χ2n) is 1.30.